The maximum Gasteiger partial charge on any atom is 0.271 e. The van der Waals surface area contributed by atoms with E-state index in [0.29, 0.717) is 16.9 Å². The molecule has 3 aliphatic rings. The number of nitro groups is 1. The summed E-state index contributed by atoms with van der Waals surface area (Å²) in [5, 5.41) is 13.5. The number of nitro benzene ring substituents is 1. The van der Waals surface area contributed by atoms with E-state index < -0.39 is 10.8 Å². The molecule has 8 nitrogen and oxygen atoms in total. The number of rotatable bonds is 4. The van der Waals surface area contributed by atoms with E-state index in [9.17, 15) is 24.5 Å². The van der Waals surface area contributed by atoms with Crippen LogP contribution < -0.4 is 10.2 Å². The predicted octanol–water partition coefficient (Wildman–Crippen LogP) is 3.16. The summed E-state index contributed by atoms with van der Waals surface area (Å²) in [6, 6.07) is 11.9. The lowest BCUT2D eigenvalue weighted by molar-refractivity contribution is -0.384. The van der Waals surface area contributed by atoms with Gasteiger partial charge in [-0.25, -0.2) is 0 Å². The normalized spacial score (nSPS) is 26.2. The lowest BCUT2D eigenvalue weighted by Crippen LogP contribution is -2.32. The molecule has 1 aliphatic heterocycles. The topological polar surface area (TPSA) is 110 Å². The van der Waals surface area contributed by atoms with Gasteiger partial charge in [-0.05, 0) is 48.6 Å². The number of allylic oxidation sites excluding steroid dienone is 2. The maximum absolute atomic E-state index is 12.9. The van der Waals surface area contributed by atoms with E-state index in [1.807, 2.05) is 12.2 Å². The number of amides is 3. The van der Waals surface area contributed by atoms with Crippen molar-refractivity contribution >= 4 is 34.8 Å². The van der Waals surface area contributed by atoms with Gasteiger partial charge in [-0.3, -0.25) is 29.4 Å². The fourth-order valence-corrected chi connectivity index (χ4v) is 4.82. The highest BCUT2D eigenvalue weighted by Crippen LogP contribution is 2.53. The molecule has 1 saturated heterocycles. The van der Waals surface area contributed by atoms with Gasteiger partial charge in [-0.2, -0.15) is 0 Å². The van der Waals surface area contributed by atoms with Crippen LogP contribution in [0.3, 0.4) is 0 Å². The Morgan fingerprint density at radius 3 is 2.23 bits per heavy atom. The predicted molar refractivity (Wildman–Crippen MR) is 108 cm³/mol. The van der Waals surface area contributed by atoms with Crippen LogP contribution in [0.4, 0.5) is 17.1 Å². The van der Waals surface area contributed by atoms with Crippen LogP contribution in [0, 0.1) is 33.8 Å². The first-order chi connectivity index (χ1) is 14.4. The number of nitrogens with one attached hydrogen (secondary N) is 1. The molecule has 2 aliphatic carbocycles. The Morgan fingerprint density at radius 2 is 1.63 bits per heavy atom. The number of nitrogens with zero attached hydrogens (tertiary/aromatic N) is 2. The zero-order chi connectivity index (χ0) is 21.0. The lowest BCUT2D eigenvalue weighted by Gasteiger charge is -2.17. The third-order valence-corrected chi connectivity index (χ3v) is 6.17. The second-order valence-electron chi connectivity index (χ2n) is 7.82. The van der Waals surface area contributed by atoms with Crippen molar-refractivity contribution in [1.82, 2.24) is 0 Å². The summed E-state index contributed by atoms with van der Waals surface area (Å²) in [5.41, 5.74) is 0.944. The molecule has 1 saturated carbocycles. The molecule has 2 fully saturated rings. The lowest BCUT2D eigenvalue weighted by atomic mass is 9.85. The van der Waals surface area contributed by atoms with Gasteiger partial charge in [0.1, 0.15) is 0 Å². The number of carbonyl (C=O) groups is 3. The van der Waals surface area contributed by atoms with Crippen LogP contribution >= 0.6 is 0 Å². The summed E-state index contributed by atoms with van der Waals surface area (Å²) in [6.07, 6.45) is 4.96. The van der Waals surface area contributed by atoms with Crippen molar-refractivity contribution < 1.29 is 19.3 Å². The Kier molecular flexibility index (Phi) is 4.02. The van der Waals surface area contributed by atoms with Crippen molar-refractivity contribution in [1.29, 1.82) is 0 Å². The summed E-state index contributed by atoms with van der Waals surface area (Å²) < 4.78 is 0. The van der Waals surface area contributed by atoms with Crippen LogP contribution in [0.25, 0.3) is 0 Å². The monoisotopic (exact) mass is 403 g/mol. The Labute approximate surface area is 171 Å². The number of imide groups is 1. The average Bonchev–Trinajstić information content (AvgIpc) is 3.42. The minimum absolute atomic E-state index is 0.122. The fourth-order valence-electron chi connectivity index (χ4n) is 4.82. The number of benzene rings is 2. The maximum atomic E-state index is 12.9. The molecule has 2 bridgehead atoms. The zero-order valence-electron chi connectivity index (χ0n) is 15.7. The largest absolute Gasteiger partial charge is 0.322 e. The Balaban J connectivity index is 1.33. The van der Waals surface area contributed by atoms with E-state index in [0.717, 1.165) is 6.42 Å². The van der Waals surface area contributed by atoms with Gasteiger partial charge >= 0.3 is 0 Å². The van der Waals surface area contributed by atoms with Gasteiger partial charge in [0.15, 0.2) is 0 Å². The van der Waals surface area contributed by atoms with E-state index in [-0.39, 0.29) is 41.2 Å². The first-order valence-corrected chi connectivity index (χ1v) is 9.66. The van der Waals surface area contributed by atoms with Gasteiger partial charge in [0.05, 0.1) is 22.4 Å². The van der Waals surface area contributed by atoms with E-state index in [4.69, 9.17) is 0 Å². The molecule has 8 heteroatoms. The minimum Gasteiger partial charge on any atom is -0.322 e. The quantitative estimate of drug-likeness (QED) is 0.365. The summed E-state index contributed by atoms with van der Waals surface area (Å²) in [6.45, 7) is 0. The van der Waals surface area contributed by atoms with E-state index >= 15 is 0 Å². The van der Waals surface area contributed by atoms with Crippen molar-refractivity contribution in [2.45, 2.75) is 6.42 Å². The molecular weight excluding hydrogens is 386 g/mol. The molecule has 150 valence electrons. The third kappa shape index (κ3) is 2.72. The molecule has 0 aromatic heterocycles. The smallest absolute Gasteiger partial charge is 0.271 e. The van der Waals surface area contributed by atoms with Gasteiger partial charge in [-0.1, -0.05) is 18.2 Å². The molecular formula is C22H17N3O5. The average molecular weight is 403 g/mol. The van der Waals surface area contributed by atoms with E-state index in [1.165, 1.54) is 35.2 Å². The number of anilines is 2. The van der Waals surface area contributed by atoms with Crippen LogP contribution in [-0.4, -0.2) is 22.6 Å². The number of carbonyl (C=O) groups excluding carboxylic acids is 3. The van der Waals surface area contributed by atoms with E-state index in [1.54, 1.807) is 18.2 Å². The number of hydrogen-bond acceptors (Lipinski definition) is 5. The van der Waals surface area contributed by atoms with Gasteiger partial charge in [0, 0.05) is 23.4 Å². The number of fused-ring (bicyclic) bond motifs is 5. The van der Waals surface area contributed by atoms with Crippen LogP contribution in [0.5, 0.6) is 0 Å². The second kappa shape index (κ2) is 6.62. The summed E-state index contributed by atoms with van der Waals surface area (Å²) in [4.78, 5) is 49.8. The number of non-ortho nitro benzene ring substituents is 1. The third-order valence-electron chi connectivity index (χ3n) is 6.17. The fraction of sp³-hybridized carbons (Fsp3) is 0.227. The zero-order valence-corrected chi connectivity index (χ0v) is 15.7. The summed E-state index contributed by atoms with van der Waals surface area (Å²) in [7, 11) is 0. The minimum atomic E-state index is -0.536. The van der Waals surface area contributed by atoms with Crippen molar-refractivity contribution in [2.24, 2.45) is 23.7 Å². The van der Waals surface area contributed by atoms with Crippen molar-refractivity contribution in [3.63, 3.8) is 0 Å². The summed E-state index contributed by atoms with van der Waals surface area (Å²) >= 11 is 0. The number of hydrogen-bond donors (Lipinski definition) is 1. The highest BCUT2D eigenvalue weighted by atomic mass is 16.6. The molecule has 2 aromatic carbocycles. The Bertz CT molecular complexity index is 1090. The van der Waals surface area contributed by atoms with Gasteiger partial charge in [0.25, 0.3) is 11.6 Å². The molecule has 1 N–H and O–H groups in total. The highest BCUT2D eigenvalue weighted by molar-refractivity contribution is 6.23. The standard InChI is InChI=1S/C22H17N3O5/c26-20(23-15-2-1-3-17(11-15)25(29)30)12-6-8-16(9-7-12)24-21(27)18-13-4-5-14(10-13)19(18)22(24)28/h1-9,11,13-14,18-19H,10H2,(H,23,26). The molecule has 4 atom stereocenters. The Morgan fingerprint density at radius 1 is 1.00 bits per heavy atom. The molecule has 30 heavy (non-hydrogen) atoms. The van der Waals surface area contributed by atoms with Crippen molar-refractivity contribution in [3.05, 3.63) is 76.4 Å². The SMILES string of the molecule is O=C(Nc1cccc([N+](=O)[O-])c1)c1ccc(N2C(=O)C3C4C=CC(C4)C3C2=O)cc1. The van der Waals surface area contributed by atoms with Crippen molar-refractivity contribution in [2.75, 3.05) is 10.2 Å². The molecule has 4 unspecified atom stereocenters. The van der Waals surface area contributed by atoms with Crippen LogP contribution in [0.2, 0.25) is 0 Å². The molecule has 5 rings (SSSR count). The summed E-state index contributed by atoms with van der Waals surface area (Å²) in [5.74, 6) is -1.05. The molecule has 3 amide bonds. The molecule has 1 heterocycles. The van der Waals surface area contributed by atoms with E-state index in [2.05, 4.69) is 5.32 Å². The first-order valence-electron chi connectivity index (χ1n) is 9.66. The Hall–Kier alpha value is -3.81. The van der Waals surface area contributed by atoms with Gasteiger partial charge < -0.3 is 5.32 Å². The van der Waals surface area contributed by atoms with Crippen LogP contribution in [0.1, 0.15) is 16.8 Å². The molecule has 0 radical (unpaired) electrons. The second-order valence-corrected chi connectivity index (χ2v) is 7.82. The van der Waals surface area contributed by atoms with Gasteiger partial charge in [0.2, 0.25) is 11.8 Å². The highest BCUT2D eigenvalue weighted by Gasteiger charge is 2.59. The molecule has 2 aromatic rings. The van der Waals surface area contributed by atoms with Crippen LogP contribution in [0.15, 0.2) is 60.7 Å². The molecule has 0 spiro atoms. The van der Waals surface area contributed by atoms with Crippen molar-refractivity contribution in [3.8, 4) is 0 Å². The first kappa shape index (κ1) is 18.2. The van der Waals surface area contributed by atoms with Crippen LogP contribution in [-0.2, 0) is 9.59 Å². The van der Waals surface area contributed by atoms with Gasteiger partial charge in [-0.15, -0.1) is 0 Å².